The zero-order chi connectivity index (χ0) is 16.5. The molecule has 0 radical (unpaired) electrons. The minimum Gasteiger partial charge on any atom is -0.466 e. The van der Waals surface area contributed by atoms with Crippen LogP contribution in [-0.4, -0.2) is 18.5 Å². The molecular formula is C19H20O4. The molecule has 2 aromatic carbocycles. The molecule has 0 heterocycles. The van der Waals surface area contributed by atoms with Crippen molar-refractivity contribution in [1.29, 1.82) is 0 Å². The van der Waals surface area contributed by atoms with Gasteiger partial charge in [-0.2, -0.15) is 0 Å². The third-order valence-electron chi connectivity index (χ3n) is 3.20. The Morgan fingerprint density at radius 1 is 0.870 bits per heavy atom. The minimum absolute atomic E-state index is 0.00563. The molecule has 0 aliphatic rings. The highest BCUT2D eigenvalue weighted by Crippen LogP contribution is 2.29. The molecule has 0 fully saturated rings. The molecule has 0 bridgehead atoms. The Morgan fingerprint density at radius 2 is 1.52 bits per heavy atom. The second-order valence-corrected chi connectivity index (χ2v) is 5.06. The maximum absolute atomic E-state index is 11.9. The van der Waals surface area contributed by atoms with Crippen molar-refractivity contribution >= 4 is 11.9 Å². The fourth-order valence-electron chi connectivity index (χ4n) is 2.08. The molecule has 0 N–H and O–H groups in total. The van der Waals surface area contributed by atoms with Crippen molar-refractivity contribution in [3.05, 3.63) is 54.6 Å². The molecular weight excluding hydrogens is 292 g/mol. The van der Waals surface area contributed by atoms with Gasteiger partial charge in [0.15, 0.2) is 0 Å². The van der Waals surface area contributed by atoms with Crippen LogP contribution in [0.25, 0.3) is 11.1 Å². The van der Waals surface area contributed by atoms with E-state index in [0.29, 0.717) is 12.4 Å². The van der Waals surface area contributed by atoms with Crippen LogP contribution in [0.1, 0.15) is 26.2 Å². The zero-order valence-corrected chi connectivity index (χ0v) is 13.2. The first-order valence-corrected chi connectivity index (χ1v) is 7.71. The number of carbonyl (C=O) groups excluding carboxylic acids is 2. The van der Waals surface area contributed by atoms with E-state index in [1.54, 1.807) is 6.07 Å². The monoisotopic (exact) mass is 312 g/mol. The average molecular weight is 312 g/mol. The van der Waals surface area contributed by atoms with E-state index in [0.717, 1.165) is 17.5 Å². The van der Waals surface area contributed by atoms with Gasteiger partial charge in [-0.25, -0.2) is 0 Å². The third-order valence-corrected chi connectivity index (χ3v) is 3.20. The van der Waals surface area contributed by atoms with Crippen LogP contribution in [0.2, 0.25) is 0 Å². The van der Waals surface area contributed by atoms with Gasteiger partial charge in [0.05, 0.1) is 19.4 Å². The Bertz CT molecular complexity index is 649. The quantitative estimate of drug-likeness (QED) is 0.573. The summed E-state index contributed by atoms with van der Waals surface area (Å²) in [6.45, 7) is 2.30. The fraction of sp³-hybridized carbons (Fsp3) is 0.263. The number of esters is 2. The average Bonchev–Trinajstić information content (AvgIpc) is 2.59. The lowest BCUT2D eigenvalue weighted by atomic mass is 10.1. The van der Waals surface area contributed by atoms with Crippen molar-refractivity contribution in [1.82, 2.24) is 0 Å². The van der Waals surface area contributed by atoms with Gasteiger partial charge in [-0.15, -0.1) is 0 Å². The van der Waals surface area contributed by atoms with E-state index in [9.17, 15) is 9.59 Å². The number of benzene rings is 2. The van der Waals surface area contributed by atoms with Crippen LogP contribution in [0.5, 0.6) is 5.75 Å². The van der Waals surface area contributed by atoms with Crippen molar-refractivity contribution in [2.75, 3.05) is 6.61 Å². The summed E-state index contributed by atoms with van der Waals surface area (Å²) in [5.74, 6) is -0.326. The summed E-state index contributed by atoms with van der Waals surface area (Å²) in [7, 11) is 0. The fourth-order valence-corrected chi connectivity index (χ4v) is 2.08. The summed E-state index contributed by atoms with van der Waals surface area (Å²) in [6, 6.07) is 17.0. The zero-order valence-electron chi connectivity index (χ0n) is 13.2. The number of rotatable bonds is 7. The third kappa shape index (κ3) is 5.25. The first kappa shape index (κ1) is 16.7. The Balaban J connectivity index is 1.98. The predicted molar refractivity (Wildman–Crippen MR) is 88.0 cm³/mol. The van der Waals surface area contributed by atoms with E-state index < -0.39 is 5.97 Å². The molecule has 0 atom stereocenters. The molecule has 120 valence electrons. The maximum Gasteiger partial charge on any atom is 0.311 e. The van der Waals surface area contributed by atoms with E-state index in [4.69, 9.17) is 9.47 Å². The predicted octanol–water partition coefficient (Wildman–Crippen LogP) is 3.99. The summed E-state index contributed by atoms with van der Waals surface area (Å²) >= 11 is 0. The first-order valence-electron chi connectivity index (χ1n) is 7.71. The molecule has 0 aliphatic carbocycles. The lowest BCUT2D eigenvalue weighted by Crippen LogP contribution is -2.13. The second kappa shape index (κ2) is 8.73. The SMILES string of the molecule is CCCOC(=O)CCC(=O)Oc1ccccc1-c1ccccc1. The highest BCUT2D eigenvalue weighted by atomic mass is 16.5. The van der Waals surface area contributed by atoms with E-state index in [2.05, 4.69) is 0 Å². The summed E-state index contributed by atoms with van der Waals surface area (Å²) in [4.78, 5) is 23.4. The van der Waals surface area contributed by atoms with Crippen LogP contribution < -0.4 is 4.74 Å². The Labute approximate surface area is 136 Å². The van der Waals surface area contributed by atoms with E-state index in [1.165, 1.54) is 0 Å². The highest BCUT2D eigenvalue weighted by molar-refractivity contribution is 5.81. The van der Waals surface area contributed by atoms with Gasteiger partial charge in [-0.1, -0.05) is 55.5 Å². The molecule has 0 saturated heterocycles. The second-order valence-electron chi connectivity index (χ2n) is 5.06. The van der Waals surface area contributed by atoms with Gasteiger partial charge in [0.25, 0.3) is 0 Å². The van der Waals surface area contributed by atoms with Gasteiger partial charge in [0.2, 0.25) is 0 Å². The molecule has 23 heavy (non-hydrogen) atoms. The molecule has 4 nitrogen and oxygen atoms in total. The summed E-state index contributed by atoms with van der Waals surface area (Å²) in [5, 5.41) is 0. The van der Waals surface area contributed by atoms with E-state index in [1.807, 2.05) is 55.5 Å². The molecule has 0 spiro atoms. The maximum atomic E-state index is 11.9. The Morgan fingerprint density at radius 3 is 2.26 bits per heavy atom. The number of hydrogen-bond donors (Lipinski definition) is 0. The molecule has 0 unspecified atom stereocenters. The highest BCUT2D eigenvalue weighted by Gasteiger charge is 2.12. The largest absolute Gasteiger partial charge is 0.466 e. The molecule has 4 heteroatoms. The Hall–Kier alpha value is -2.62. The lowest BCUT2D eigenvalue weighted by Gasteiger charge is -2.10. The summed E-state index contributed by atoms with van der Waals surface area (Å²) in [6.07, 6.45) is 0.804. The van der Waals surface area contributed by atoms with Gasteiger partial charge in [-0.3, -0.25) is 9.59 Å². The standard InChI is InChI=1S/C19H20O4/c1-2-14-22-18(20)12-13-19(21)23-17-11-7-6-10-16(17)15-8-4-3-5-9-15/h3-11H,2,12-14H2,1H3. The van der Waals surface area contributed by atoms with Crippen molar-refractivity contribution in [2.24, 2.45) is 0 Å². The molecule has 0 saturated carbocycles. The van der Waals surface area contributed by atoms with Gasteiger partial charge < -0.3 is 9.47 Å². The smallest absolute Gasteiger partial charge is 0.311 e. The van der Waals surface area contributed by atoms with Crippen LogP contribution in [0, 0.1) is 0 Å². The van der Waals surface area contributed by atoms with Crippen molar-refractivity contribution in [2.45, 2.75) is 26.2 Å². The molecule has 0 amide bonds. The van der Waals surface area contributed by atoms with Gasteiger partial charge in [0, 0.05) is 5.56 Å². The number of hydrogen-bond acceptors (Lipinski definition) is 4. The molecule has 2 aromatic rings. The van der Waals surface area contributed by atoms with Gasteiger partial charge in [-0.05, 0) is 18.1 Å². The first-order chi connectivity index (χ1) is 11.2. The van der Waals surface area contributed by atoms with Gasteiger partial charge >= 0.3 is 11.9 Å². The number of carbonyl (C=O) groups is 2. The van der Waals surface area contributed by atoms with E-state index >= 15 is 0 Å². The molecule has 0 aliphatic heterocycles. The van der Waals surface area contributed by atoms with Crippen LogP contribution in [-0.2, 0) is 14.3 Å². The number of para-hydroxylation sites is 1. The van der Waals surface area contributed by atoms with Crippen molar-refractivity contribution in [3.63, 3.8) is 0 Å². The minimum atomic E-state index is -0.443. The van der Waals surface area contributed by atoms with Crippen LogP contribution >= 0.6 is 0 Å². The molecule has 0 aromatic heterocycles. The van der Waals surface area contributed by atoms with Crippen LogP contribution in [0.4, 0.5) is 0 Å². The normalized spacial score (nSPS) is 10.1. The topological polar surface area (TPSA) is 52.6 Å². The van der Waals surface area contributed by atoms with Crippen molar-refractivity contribution < 1.29 is 19.1 Å². The summed E-state index contributed by atoms with van der Waals surface area (Å²) in [5.41, 5.74) is 1.81. The lowest BCUT2D eigenvalue weighted by molar-refractivity contribution is -0.146. The van der Waals surface area contributed by atoms with Crippen molar-refractivity contribution in [3.8, 4) is 16.9 Å². The van der Waals surface area contributed by atoms with Crippen LogP contribution in [0.15, 0.2) is 54.6 Å². The summed E-state index contributed by atoms with van der Waals surface area (Å²) < 4.78 is 10.3. The number of ether oxygens (including phenoxy) is 2. The Kier molecular flexibility index (Phi) is 6.36. The van der Waals surface area contributed by atoms with E-state index in [-0.39, 0.29) is 18.8 Å². The van der Waals surface area contributed by atoms with Crippen LogP contribution in [0.3, 0.4) is 0 Å². The molecule has 2 rings (SSSR count). The van der Waals surface area contributed by atoms with Gasteiger partial charge in [0.1, 0.15) is 5.75 Å².